The SMILES string of the molecule is CN(C)c1ccc(NS(=O)(=O)c2cc(-c3ccc(F)cc3)c(Cl)s2)cc1. The standard InChI is InChI=1S/C18H16ClFN2O2S2/c1-22(2)15-9-7-14(8-10-15)21-26(23,24)17-11-16(18(19)25-17)12-3-5-13(20)6-4-12/h3-11,21H,1-2H3. The molecule has 0 aliphatic carbocycles. The highest BCUT2D eigenvalue weighted by atomic mass is 35.5. The lowest BCUT2D eigenvalue weighted by Gasteiger charge is -2.13. The van der Waals surface area contributed by atoms with Crippen molar-refractivity contribution in [1.29, 1.82) is 0 Å². The zero-order valence-electron chi connectivity index (χ0n) is 14.0. The second-order valence-electron chi connectivity index (χ2n) is 5.81. The summed E-state index contributed by atoms with van der Waals surface area (Å²) in [7, 11) is 0.0452. The Bertz CT molecular complexity index is 1010. The molecule has 4 nitrogen and oxygen atoms in total. The van der Waals surface area contributed by atoms with Crippen molar-refractivity contribution in [2.45, 2.75) is 4.21 Å². The van der Waals surface area contributed by atoms with Gasteiger partial charge in [-0.25, -0.2) is 12.8 Å². The number of anilines is 2. The van der Waals surface area contributed by atoms with Crippen LogP contribution >= 0.6 is 22.9 Å². The van der Waals surface area contributed by atoms with Gasteiger partial charge in [0.15, 0.2) is 0 Å². The van der Waals surface area contributed by atoms with E-state index >= 15 is 0 Å². The van der Waals surface area contributed by atoms with Crippen LogP contribution in [-0.2, 0) is 10.0 Å². The molecule has 0 unspecified atom stereocenters. The number of nitrogens with one attached hydrogen (secondary N) is 1. The van der Waals surface area contributed by atoms with Crippen LogP contribution in [0.1, 0.15) is 0 Å². The first-order chi connectivity index (χ1) is 12.3. The molecule has 0 radical (unpaired) electrons. The second kappa shape index (κ2) is 7.26. The number of hydrogen-bond acceptors (Lipinski definition) is 4. The fourth-order valence-electron chi connectivity index (χ4n) is 2.34. The van der Waals surface area contributed by atoms with Gasteiger partial charge in [-0.05, 0) is 48.0 Å². The molecule has 0 aliphatic rings. The Hall–Kier alpha value is -2.09. The van der Waals surface area contributed by atoms with Gasteiger partial charge < -0.3 is 4.90 Å². The van der Waals surface area contributed by atoms with Crippen LogP contribution in [0.3, 0.4) is 0 Å². The number of thiophene rings is 1. The van der Waals surface area contributed by atoms with Crippen molar-refractivity contribution in [3.05, 3.63) is 64.8 Å². The summed E-state index contributed by atoms with van der Waals surface area (Å²) in [5, 5.41) is 0. The lowest BCUT2D eigenvalue weighted by atomic mass is 10.1. The molecule has 1 aromatic heterocycles. The molecule has 136 valence electrons. The molecule has 0 aliphatic heterocycles. The highest BCUT2D eigenvalue weighted by molar-refractivity contribution is 7.94. The minimum atomic E-state index is -3.77. The third kappa shape index (κ3) is 4.00. The Kier molecular flexibility index (Phi) is 5.22. The van der Waals surface area contributed by atoms with Crippen LogP contribution in [0.2, 0.25) is 4.34 Å². The molecule has 0 saturated carbocycles. The molecular weight excluding hydrogens is 395 g/mol. The van der Waals surface area contributed by atoms with Crippen LogP contribution in [0.25, 0.3) is 11.1 Å². The number of rotatable bonds is 5. The van der Waals surface area contributed by atoms with Crippen LogP contribution in [0, 0.1) is 5.82 Å². The van der Waals surface area contributed by atoms with Crippen LogP contribution < -0.4 is 9.62 Å². The van der Waals surface area contributed by atoms with Gasteiger partial charge in [0.25, 0.3) is 10.0 Å². The van der Waals surface area contributed by atoms with E-state index in [1.807, 2.05) is 31.1 Å². The normalized spacial score (nSPS) is 11.4. The van der Waals surface area contributed by atoms with Crippen molar-refractivity contribution in [3.63, 3.8) is 0 Å². The van der Waals surface area contributed by atoms with Crippen LogP contribution in [0.4, 0.5) is 15.8 Å². The van der Waals surface area contributed by atoms with Crippen LogP contribution in [0.15, 0.2) is 58.8 Å². The molecule has 26 heavy (non-hydrogen) atoms. The van der Waals surface area contributed by atoms with Gasteiger partial charge in [0, 0.05) is 31.0 Å². The van der Waals surface area contributed by atoms with E-state index in [4.69, 9.17) is 11.6 Å². The van der Waals surface area contributed by atoms with Gasteiger partial charge in [-0.1, -0.05) is 23.7 Å². The molecule has 0 saturated heterocycles. The van der Waals surface area contributed by atoms with Crippen LogP contribution in [-0.4, -0.2) is 22.5 Å². The Morgan fingerprint density at radius 3 is 2.23 bits per heavy atom. The Morgan fingerprint density at radius 2 is 1.65 bits per heavy atom. The van der Waals surface area contributed by atoms with Crippen molar-refractivity contribution < 1.29 is 12.8 Å². The van der Waals surface area contributed by atoms with Crippen LogP contribution in [0.5, 0.6) is 0 Å². The minimum absolute atomic E-state index is 0.0958. The van der Waals surface area contributed by atoms with Gasteiger partial charge in [-0.15, -0.1) is 11.3 Å². The average molecular weight is 411 g/mol. The molecule has 1 heterocycles. The van der Waals surface area contributed by atoms with E-state index in [9.17, 15) is 12.8 Å². The van der Waals surface area contributed by atoms with Gasteiger partial charge in [-0.3, -0.25) is 4.72 Å². The maximum atomic E-state index is 13.1. The van der Waals surface area contributed by atoms with E-state index in [2.05, 4.69) is 4.72 Å². The molecule has 8 heteroatoms. The second-order valence-corrected chi connectivity index (χ2v) is 9.37. The van der Waals surface area contributed by atoms with E-state index in [0.717, 1.165) is 17.0 Å². The predicted molar refractivity (Wildman–Crippen MR) is 106 cm³/mol. The lowest BCUT2D eigenvalue weighted by molar-refractivity contribution is 0.603. The maximum absolute atomic E-state index is 13.1. The Morgan fingerprint density at radius 1 is 1.04 bits per heavy atom. The van der Waals surface area contributed by atoms with Gasteiger partial charge in [0.1, 0.15) is 14.4 Å². The number of benzene rings is 2. The zero-order valence-corrected chi connectivity index (χ0v) is 16.4. The molecule has 0 amide bonds. The zero-order chi connectivity index (χ0) is 18.9. The summed E-state index contributed by atoms with van der Waals surface area (Å²) >= 11 is 7.17. The topological polar surface area (TPSA) is 49.4 Å². The third-order valence-electron chi connectivity index (χ3n) is 3.72. The fourth-order valence-corrected chi connectivity index (χ4v) is 5.16. The summed E-state index contributed by atoms with van der Waals surface area (Å²) < 4.78 is 41.3. The predicted octanol–water partition coefficient (Wildman–Crippen LogP) is 5.07. The summed E-state index contributed by atoms with van der Waals surface area (Å²) in [4.78, 5) is 1.92. The summed E-state index contributed by atoms with van der Waals surface area (Å²) in [5.41, 5.74) is 2.64. The average Bonchev–Trinajstić information content (AvgIpc) is 2.98. The van der Waals surface area contributed by atoms with E-state index in [1.54, 1.807) is 24.3 Å². The van der Waals surface area contributed by atoms with E-state index in [-0.39, 0.29) is 10.0 Å². The highest BCUT2D eigenvalue weighted by Gasteiger charge is 2.20. The van der Waals surface area contributed by atoms with E-state index in [0.29, 0.717) is 21.2 Å². The van der Waals surface area contributed by atoms with Gasteiger partial charge >= 0.3 is 0 Å². The molecule has 0 bridgehead atoms. The first-order valence-corrected chi connectivity index (χ1v) is 10.3. The first kappa shape index (κ1) is 18.7. The van der Waals surface area contributed by atoms with E-state index in [1.165, 1.54) is 18.2 Å². The van der Waals surface area contributed by atoms with Crippen molar-refractivity contribution in [1.82, 2.24) is 0 Å². The van der Waals surface area contributed by atoms with Gasteiger partial charge in [0.2, 0.25) is 0 Å². The smallest absolute Gasteiger partial charge is 0.271 e. The summed E-state index contributed by atoms with van der Waals surface area (Å²) in [6.07, 6.45) is 0. The first-order valence-electron chi connectivity index (χ1n) is 7.62. The molecular formula is C18H16ClFN2O2S2. The third-order valence-corrected chi connectivity index (χ3v) is 6.93. The quantitative estimate of drug-likeness (QED) is 0.638. The summed E-state index contributed by atoms with van der Waals surface area (Å²) in [5.74, 6) is -0.365. The monoisotopic (exact) mass is 410 g/mol. The number of nitrogens with zero attached hydrogens (tertiary/aromatic N) is 1. The largest absolute Gasteiger partial charge is 0.378 e. The van der Waals surface area contributed by atoms with Gasteiger partial charge in [0.05, 0.1) is 0 Å². The summed E-state index contributed by atoms with van der Waals surface area (Å²) in [6.45, 7) is 0. The molecule has 0 fully saturated rings. The molecule has 3 rings (SSSR count). The number of halogens is 2. The highest BCUT2D eigenvalue weighted by Crippen LogP contribution is 2.38. The molecule has 3 aromatic rings. The Labute approximate surface area is 160 Å². The van der Waals surface area contributed by atoms with Crippen molar-refractivity contribution in [2.24, 2.45) is 0 Å². The number of sulfonamides is 1. The van der Waals surface area contributed by atoms with Gasteiger partial charge in [-0.2, -0.15) is 0 Å². The van der Waals surface area contributed by atoms with E-state index < -0.39 is 10.0 Å². The summed E-state index contributed by atoms with van der Waals surface area (Å²) in [6, 6.07) is 14.3. The maximum Gasteiger partial charge on any atom is 0.271 e. The minimum Gasteiger partial charge on any atom is -0.378 e. The molecule has 0 spiro atoms. The fraction of sp³-hybridized carbons (Fsp3) is 0.111. The molecule has 2 aromatic carbocycles. The van der Waals surface area contributed by atoms with Crippen molar-refractivity contribution in [3.8, 4) is 11.1 Å². The molecule has 1 N–H and O–H groups in total. The molecule has 0 atom stereocenters. The number of hydrogen-bond donors (Lipinski definition) is 1. The lowest BCUT2D eigenvalue weighted by Crippen LogP contribution is -2.12. The Balaban J connectivity index is 1.88. The van der Waals surface area contributed by atoms with Crippen molar-refractivity contribution >= 4 is 44.3 Å². The van der Waals surface area contributed by atoms with Crippen molar-refractivity contribution in [2.75, 3.05) is 23.7 Å².